The zero-order chi connectivity index (χ0) is 30.3. The van der Waals surface area contributed by atoms with Crippen LogP contribution in [0.15, 0.2) is 0 Å². The third kappa shape index (κ3) is 32.8. The number of carbonyl (C=O) groups is 1. The molecule has 3 nitrogen and oxygen atoms in total. The summed E-state index contributed by atoms with van der Waals surface area (Å²) in [6.45, 7) is 6.24. The zero-order valence-corrected chi connectivity index (χ0v) is 30.1. The average molecular weight is 599 g/mol. The molecular weight excluding hydrogens is 521 g/mol. The van der Waals surface area contributed by atoms with Gasteiger partial charge in [0.15, 0.2) is 5.52 Å². The summed E-state index contributed by atoms with van der Waals surface area (Å²) in [5.41, 5.74) is 0.393. The quantitative estimate of drug-likeness (QED) is 0.0418. The standard InChI is InChI=1S/C37H77NO2P/c1-6-8-10-12-14-16-18-20-21-23-25-27-29-31-33-36(37(39)41-40-35-34-38(3,4)5)32-30-28-26-24-22-19-17-15-13-11-9-7-2/h36,41H,6-35H2,1-5H3/q+1. The fourth-order valence-electron chi connectivity index (χ4n) is 5.75. The average Bonchev–Trinajstić information content (AvgIpc) is 2.94. The zero-order valence-electron chi connectivity index (χ0n) is 29.1. The Balaban J connectivity index is 4.00. The molecule has 246 valence electrons. The second kappa shape index (κ2) is 31.4. The Labute approximate surface area is 261 Å². The molecule has 0 aromatic carbocycles. The lowest BCUT2D eigenvalue weighted by atomic mass is 9.95. The van der Waals surface area contributed by atoms with Crippen LogP contribution in [0.2, 0.25) is 0 Å². The van der Waals surface area contributed by atoms with Gasteiger partial charge in [-0.15, -0.1) is 0 Å². The van der Waals surface area contributed by atoms with E-state index in [1.165, 1.54) is 167 Å². The molecule has 0 saturated heterocycles. The maximum absolute atomic E-state index is 13.0. The Morgan fingerprint density at radius 1 is 0.512 bits per heavy atom. The van der Waals surface area contributed by atoms with Gasteiger partial charge in [0.25, 0.3) is 0 Å². The number of nitrogens with zero attached hydrogens (tertiary/aromatic N) is 1. The molecule has 0 aromatic heterocycles. The number of quaternary nitrogens is 1. The van der Waals surface area contributed by atoms with E-state index < -0.39 is 0 Å². The summed E-state index contributed by atoms with van der Waals surface area (Å²) >= 11 is 0. The van der Waals surface area contributed by atoms with Gasteiger partial charge in [0.05, 0.1) is 30.0 Å². The smallest absolute Gasteiger partial charge is 0.181 e. The van der Waals surface area contributed by atoms with Crippen molar-refractivity contribution in [1.29, 1.82) is 0 Å². The maximum atomic E-state index is 13.0. The highest BCUT2D eigenvalue weighted by Crippen LogP contribution is 2.28. The minimum absolute atomic E-state index is 0.0456. The summed E-state index contributed by atoms with van der Waals surface area (Å²) in [4.78, 5) is 13.0. The number of carbonyl (C=O) groups excluding carboxylic acids is 1. The van der Waals surface area contributed by atoms with E-state index in [9.17, 15) is 4.79 Å². The first kappa shape index (κ1) is 41.0. The highest BCUT2D eigenvalue weighted by atomic mass is 31.1. The van der Waals surface area contributed by atoms with Gasteiger partial charge in [0.1, 0.15) is 13.2 Å². The van der Waals surface area contributed by atoms with Crippen LogP contribution in [0, 0.1) is 5.92 Å². The lowest BCUT2D eigenvalue weighted by Crippen LogP contribution is -2.37. The third-order valence-corrected chi connectivity index (χ3v) is 9.68. The molecule has 0 aromatic rings. The Hall–Kier alpha value is 0.0200. The van der Waals surface area contributed by atoms with E-state index in [1.54, 1.807) is 0 Å². The summed E-state index contributed by atoms with van der Waals surface area (Å²) in [6, 6.07) is 0. The van der Waals surface area contributed by atoms with E-state index in [1.807, 2.05) is 0 Å². The summed E-state index contributed by atoms with van der Waals surface area (Å²) in [7, 11) is 6.59. The van der Waals surface area contributed by atoms with Gasteiger partial charge in [-0.2, -0.15) is 0 Å². The number of hydrogen-bond acceptors (Lipinski definition) is 2. The molecule has 0 bridgehead atoms. The second-order valence-corrected chi connectivity index (χ2v) is 15.1. The van der Waals surface area contributed by atoms with Gasteiger partial charge in [0.2, 0.25) is 0 Å². The molecule has 4 heteroatoms. The van der Waals surface area contributed by atoms with E-state index in [-0.39, 0.29) is 14.7 Å². The monoisotopic (exact) mass is 599 g/mol. The van der Waals surface area contributed by atoms with Crippen molar-refractivity contribution in [2.45, 2.75) is 194 Å². The van der Waals surface area contributed by atoms with Crippen molar-refractivity contribution in [3.63, 3.8) is 0 Å². The van der Waals surface area contributed by atoms with Crippen molar-refractivity contribution in [2.24, 2.45) is 5.92 Å². The predicted octanol–water partition coefficient (Wildman–Crippen LogP) is 12.4. The van der Waals surface area contributed by atoms with Crippen molar-refractivity contribution < 1.29 is 13.8 Å². The van der Waals surface area contributed by atoms with Crippen LogP contribution in [-0.2, 0) is 9.32 Å². The van der Waals surface area contributed by atoms with Crippen LogP contribution in [0.5, 0.6) is 0 Å². The molecule has 0 spiro atoms. The Morgan fingerprint density at radius 2 is 0.805 bits per heavy atom. The van der Waals surface area contributed by atoms with Gasteiger partial charge in [-0.3, -0.25) is 4.79 Å². The van der Waals surface area contributed by atoms with E-state index in [4.69, 9.17) is 4.52 Å². The maximum Gasteiger partial charge on any atom is 0.181 e. The minimum atomic E-state index is 0.0456. The lowest BCUT2D eigenvalue weighted by Gasteiger charge is -2.23. The number of likely N-dealkylation sites (N-methyl/N-ethyl adjacent to an activating group) is 1. The Morgan fingerprint density at radius 3 is 1.10 bits per heavy atom. The van der Waals surface area contributed by atoms with Crippen molar-refractivity contribution in [3.05, 3.63) is 0 Å². The molecule has 0 aliphatic carbocycles. The van der Waals surface area contributed by atoms with Crippen molar-refractivity contribution in [3.8, 4) is 0 Å². The van der Waals surface area contributed by atoms with Crippen molar-refractivity contribution in [1.82, 2.24) is 0 Å². The first-order valence-corrected chi connectivity index (χ1v) is 19.5. The molecular formula is C37H77NO2P+. The normalized spacial score (nSPS) is 13.0. The first-order valence-electron chi connectivity index (χ1n) is 18.6. The molecule has 0 N–H and O–H groups in total. The molecule has 0 radical (unpaired) electrons. The van der Waals surface area contributed by atoms with Crippen LogP contribution in [0.25, 0.3) is 0 Å². The Kier molecular flexibility index (Phi) is 31.5. The van der Waals surface area contributed by atoms with E-state index in [0.717, 1.165) is 23.9 Å². The Bertz CT molecular complexity index is 534. The molecule has 41 heavy (non-hydrogen) atoms. The van der Waals surface area contributed by atoms with Crippen LogP contribution >= 0.6 is 8.81 Å². The number of hydrogen-bond donors (Lipinski definition) is 0. The number of rotatable bonds is 34. The topological polar surface area (TPSA) is 26.3 Å². The van der Waals surface area contributed by atoms with Gasteiger partial charge in [-0.05, 0) is 12.8 Å². The molecule has 2 atom stereocenters. The molecule has 2 unspecified atom stereocenters. The largest absolute Gasteiger partial charge is 0.349 e. The van der Waals surface area contributed by atoms with Crippen LogP contribution in [-0.4, -0.2) is 44.3 Å². The van der Waals surface area contributed by atoms with Gasteiger partial charge >= 0.3 is 0 Å². The first-order chi connectivity index (χ1) is 19.9. The predicted molar refractivity (Wildman–Crippen MR) is 186 cm³/mol. The molecule has 0 fully saturated rings. The summed E-state index contributed by atoms with van der Waals surface area (Å²) in [6.07, 6.45) is 38.1. The van der Waals surface area contributed by atoms with E-state index in [0.29, 0.717) is 12.1 Å². The van der Waals surface area contributed by atoms with E-state index >= 15 is 0 Å². The molecule has 0 saturated carbocycles. The molecule has 0 amide bonds. The van der Waals surface area contributed by atoms with Gasteiger partial charge < -0.3 is 9.01 Å². The lowest BCUT2D eigenvalue weighted by molar-refractivity contribution is -0.870. The molecule has 0 aliphatic heterocycles. The highest BCUT2D eigenvalue weighted by molar-refractivity contribution is 7.53. The molecule has 0 heterocycles. The van der Waals surface area contributed by atoms with Crippen LogP contribution in [0.1, 0.15) is 194 Å². The second-order valence-electron chi connectivity index (χ2n) is 14.1. The minimum Gasteiger partial charge on any atom is -0.349 e. The van der Waals surface area contributed by atoms with E-state index in [2.05, 4.69) is 35.0 Å². The summed E-state index contributed by atoms with van der Waals surface area (Å²) in [5.74, 6) is 0.234. The third-order valence-electron chi connectivity index (χ3n) is 8.72. The summed E-state index contributed by atoms with van der Waals surface area (Å²) < 4.78 is 6.74. The van der Waals surface area contributed by atoms with Gasteiger partial charge in [-0.25, -0.2) is 0 Å². The van der Waals surface area contributed by atoms with Crippen molar-refractivity contribution in [2.75, 3.05) is 34.3 Å². The van der Waals surface area contributed by atoms with Crippen LogP contribution < -0.4 is 0 Å². The highest BCUT2D eigenvalue weighted by Gasteiger charge is 2.19. The van der Waals surface area contributed by atoms with Crippen molar-refractivity contribution >= 4 is 14.3 Å². The SMILES string of the molecule is CCCCCCCCCCCCCCCCC(CCCCCCCCCCCCCC)C(=O)POCC[N+](C)(C)C. The van der Waals surface area contributed by atoms with Crippen LogP contribution in [0.3, 0.4) is 0 Å². The van der Waals surface area contributed by atoms with Gasteiger partial charge in [-0.1, -0.05) is 181 Å². The summed E-state index contributed by atoms with van der Waals surface area (Å²) in [5, 5.41) is 0. The van der Waals surface area contributed by atoms with Crippen LogP contribution in [0.4, 0.5) is 0 Å². The molecule has 0 aliphatic rings. The van der Waals surface area contributed by atoms with Gasteiger partial charge in [0, 0.05) is 5.92 Å². The fourth-order valence-corrected chi connectivity index (χ4v) is 6.54. The fraction of sp³-hybridized carbons (Fsp3) is 0.973. The number of unbranched alkanes of at least 4 members (excludes halogenated alkanes) is 24. The molecule has 0 rings (SSSR count).